The summed E-state index contributed by atoms with van der Waals surface area (Å²) >= 11 is 0. The molecular weight excluding hydrogens is 444 g/mol. The van der Waals surface area contributed by atoms with E-state index in [0.29, 0.717) is 22.7 Å². The van der Waals surface area contributed by atoms with Crippen LogP contribution < -0.4 is 19.7 Å². The first kappa shape index (κ1) is 24.4. The van der Waals surface area contributed by atoms with E-state index in [1.165, 1.54) is 17.6 Å². The Morgan fingerprint density at radius 1 is 0.971 bits per heavy atom. The zero-order valence-electron chi connectivity index (χ0n) is 20.5. The second kappa shape index (κ2) is 11.1. The number of carbonyl (C=O) groups is 2. The number of amides is 2. The average Bonchev–Trinajstić information content (AvgIpc) is 3.43. The van der Waals surface area contributed by atoms with E-state index in [-0.39, 0.29) is 17.7 Å². The monoisotopic (exact) mass is 476 g/mol. The van der Waals surface area contributed by atoms with Crippen LogP contribution in [0.3, 0.4) is 0 Å². The third kappa shape index (κ3) is 5.50. The van der Waals surface area contributed by atoms with E-state index in [1.807, 2.05) is 31.2 Å². The smallest absolute Gasteiger partial charge is 0.294 e. The Bertz CT molecular complexity index is 1130. The Hall–Kier alpha value is -3.74. The largest absolute Gasteiger partial charge is 0.493 e. The lowest BCUT2D eigenvalue weighted by Gasteiger charge is -2.33. The van der Waals surface area contributed by atoms with Crippen molar-refractivity contribution in [3.8, 4) is 11.5 Å². The number of rotatable bonds is 8. The maximum atomic E-state index is 13.9. The van der Waals surface area contributed by atoms with Crippen LogP contribution in [0.15, 0.2) is 65.3 Å². The predicted molar refractivity (Wildman–Crippen MR) is 134 cm³/mol. The Kier molecular flexibility index (Phi) is 7.75. The van der Waals surface area contributed by atoms with E-state index in [1.54, 1.807) is 44.6 Å². The molecule has 0 saturated heterocycles. The van der Waals surface area contributed by atoms with Crippen LogP contribution in [-0.4, -0.2) is 32.1 Å². The lowest BCUT2D eigenvalue weighted by atomic mass is 9.94. The van der Waals surface area contributed by atoms with Gasteiger partial charge in [0.05, 0.1) is 20.5 Å². The van der Waals surface area contributed by atoms with Gasteiger partial charge in [-0.3, -0.25) is 14.5 Å². The zero-order chi connectivity index (χ0) is 24.8. The number of hydrogen-bond acceptors (Lipinski definition) is 5. The number of carbonyl (C=O) groups excluding carboxylic acids is 2. The summed E-state index contributed by atoms with van der Waals surface area (Å²) in [6.07, 6.45) is 6.66. The van der Waals surface area contributed by atoms with Crippen molar-refractivity contribution < 1.29 is 23.5 Å². The molecular formula is C28H32N2O5. The molecule has 1 N–H and O–H groups in total. The first-order valence-electron chi connectivity index (χ1n) is 12.0. The highest BCUT2D eigenvalue weighted by molar-refractivity contribution is 6.08. The second-order valence-corrected chi connectivity index (χ2v) is 8.85. The quantitative estimate of drug-likeness (QED) is 0.468. The summed E-state index contributed by atoms with van der Waals surface area (Å²) in [5.74, 6) is 0.528. The zero-order valence-corrected chi connectivity index (χ0v) is 20.5. The van der Waals surface area contributed by atoms with Crippen molar-refractivity contribution in [1.82, 2.24) is 5.32 Å². The minimum absolute atomic E-state index is 0.0810. The average molecular weight is 477 g/mol. The molecule has 1 saturated carbocycles. The van der Waals surface area contributed by atoms with Crippen molar-refractivity contribution in [2.24, 2.45) is 0 Å². The van der Waals surface area contributed by atoms with Crippen molar-refractivity contribution in [1.29, 1.82) is 0 Å². The number of furan rings is 1. The van der Waals surface area contributed by atoms with Gasteiger partial charge in [0.25, 0.3) is 5.91 Å². The minimum atomic E-state index is -0.947. The number of benzene rings is 2. The summed E-state index contributed by atoms with van der Waals surface area (Å²) < 4.78 is 16.4. The summed E-state index contributed by atoms with van der Waals surface area (Å²) in [7, 11) is 3.11. The van der Waals surface area contributed by atoms with Gasteiger partial charge in [-0.15, -0.1) is 0 Å². The fourth-order valence-corrected chi connectivity index (χ4v) is 4.58. The highest BCUT2D eigenvalue weighted by Gasteiger charge is 2.36. The van der Waals surface area contributed by atoms with E-state index in [2.05, 4.69) is 5.32 Å². The molecule has 1 heterocycles. The standard InChI is InChI=1S/C28H32N2O5/c1-19-11-14-22(15-12-19)30(28(32)24-10-7-17-35-24)26(27(31)29-21-8-5-4-6-9-21)20-13-16-23(33-2)25(18-20)34-3/h7,10-18,21,26H,4-6,8-9H2,1-3H3,(H,29,31). The van der Waals surface area contributed by atoms with E-state index < -0.39 is 11.9 Å². The molecule has 184 valence electrons. The number of aryl methyl sites for hydroxylation is 1. The first-order chi connectivity index (χ1) is 17.0. The maximum Gasteiger partial charge on any atom is 0.294 e. The number of anilines is 1. The molecule has 7 heteroatoms. The van der Waals surface area contributed by atoms with Gasteiger partial charge in [-0.05, 0) is 61.7 Å². The fourth-order valence-electron chi connectivity index (χ4n) is 4.58. The summed E-state index contributed by atoms with van der Waals surface area (Å²) in [6, 6.07) is 15.2. The molecule has 1 aliphatic rings. The Morgan fingerprint density at radius 2 is 1.69 bits per heavy atom. The minimum Gasteiger partial charge on any atom is -0.493 e. The van der Waals surface area contributed by atoms with Crippen LogP contribution >= 0.6 is 0 Å². The maximum absolute atomic E-state index is 13.9. The highest BCUT2D eigenvalue weighted by atomic mass is 16.5. The van der Waals surface area contributed by atoms with Crippen molar-refractivity contribution in [2.75, 3.05) is 19.1 Å². The van der Waals surface area contributed by atoms with Crippen molar-refractivity contribution >= 4 is 17.5 Å². The molecule has 4 rings (SSSR count). The Balaban J connectivity index is 1.82. The summed E-state index contributed by atoms with van der Waals surface area (Å²) in [5, 5.41) is 3.21. The van der Waals surface area contributed by atoms with Gasteiger partial charge in [0.15, 0.2) is 17.3 Å². The van der Waals surface area contributed by atoms with Crippen molar-refractivity contribution in [2.45, 2.75) is 51.1 Å². The number of ether oxygens (including phenoxy) is 2. The van der Waals surface area contributed by atoms with Crippen LogP contribution in [0.5, 0.6) is 11.5 Å². The van der Waals surface area contributed by atoms with E-state index >= 15 is 0 Å². The summed E-state index contributed by atoms with van der Waals surface area (Å²) in [5.41, 5.74) is 2.25. The van der Waals surface area contributed by atoms with Gasteiger partial charge in [-0.25, -0.2) is 0 Å². The number of nitrogens with one attached hydrogen (secondary N) is 1. The molecule has 2 amide bonds. The van der Waals surface area contributed by atoms with Crippen LogP contribution in [0.2, 0.25) is 0 Å². The topological polar surface area (TPSA) is 81.0 Å². The van der Waals surface area contributed by atoms with Crippen LogP contribution in [-0.2, 0) is 4.79 Å². The van der Waals surface area contributed by atoms with Gasteiger partial charge in [-0.1, -0.05) is 43.0 Å². The molecule has 0 radical (unpaired) electrons. The lowest BCUT2D eigenvalue weighted by Crippen LogP contribution is -2.47. The van der Waals surface area contributed by atoms with E-state index in [0.717, 1.165) is 31.2 Å². The normalized spacial score (nSPS) is 14.7. The van der Waals surface area contributed by atoms with Gasteiger partial charge < -0.3 is 19.2 Å². The molecule has 35 heavy (non-hydrogen) atoms. The van der Waals surface area contributed by atoms with E-state index in [4.69, 9.17) is 13.9 Å². The molecule has 2 aromatic carbocycles. The predicted octanol–water partition coefficient (Wildman–Crippen LogP) is 5.44. The van der Waals surface area contributed by atoms with Crippen LogP contribution in [0.1, 0.15) is 59.8 Å². The number of methoxy groups -OCH3 is 2. The van der Waals surface area contributed by atoms with Crippen molar-refractivity contribution in [3.05, 3.63) is 77.7 Å². The van der Waals surface area contributed by atoms with Gasteiger partial charge in [0, 0.05) is 11.7 Å². The van der Waals surface area contributed by atoms with Crippen LogP contribution in [0.4, 0.5) is 5.69 Å². The first-order valence-corrected chi connectivity index (χ1v) is 12.0. The van der Waals surface area contributed by atoms with Crippen LogP contribution in [0.25, 0.3) is 0 Å². The molecule has 3 aromatic rings. The number of nitrogens with zero attached hydrogens (tertiary/aromatic N) is 1. The third-order valence-corrected chi connectivity index (χ3v) is 6.44. The summed E-state index contributed by atoms with van der Waals surface area (Å²) in [4.78, 5) is 29.2. The molecule has 7 nitrogen and oxygen atoms in total. The molecule has 1 aromatic heterocycles. The lowest BCUT2D eigenvalue weighted by molar-refractivity contribution is -0.123. The molecule has 0 bridgehead atoms. The third-order valence-electron chi connectivity index (χ3n) is 6.44. The Labute approximate surface area is 206 Å². The SMILES string of the molecule is COc1ccc(C(C(=O)NC2CCCCC2)N(C(=O)c2ccco2)c2ccc(C)cc2)cc1OC. The highest BCUT2D eigenvalue weighted by Crippen LogP contribution is 2.35. The van der Waals surface area contributed by atoms with Crippen molar-refractivity contribution in [3.63, 3.8) is 0 Å². The van der Waals surface area contributed by atoms with Gasteiger partial charge >= 0.3 is 0 Å². The molecule has 0 spiro atoms. The Morgan fingerprint density at radius 3 is 2.31 bits per heavy atom. The van der Waals surface area contributed by atoms with Gasteiger partial charge in [0.2, 0.25) is 5.91 Å². The molecule has 1 fully saturated rings. The molecule has 0 aliphatic heterocycles. The second-order valence-electron chi connectivity index (χ2n) is 8.85. The number of hydrogen-bond donors (Lipinski definition) is 1. The van der Waals surface area contributed by atoms with Gasteiger partial charge in [-0.2, -0.15) is 0 Å². The van der Waals surface area contributed by atoms with Gasteiger partial charge in [0.1, 0.15) is 6.04 Å². The molecule has 1 atom stereocenters. The van der Waals surface area contributed by atoms with Crippen LogP contribution in [0, 0.1) is 6.92 Å². The summed E-state index contributed by atoms with van der Waals surface area (Å²) in [6.45, 7) is 1.98. The fraction of sp³-hybridized carbons (Fsp3) is 0.357. The molecule has 1 aliphatic carbocycles. The molecule has 1 unspecified atom stereocenters. The van der Waals surface area contributed by atoms with E-state index in [9.17, 15) is 9.59 Å².